The smallest absolute Gasteiger partial charge is 0.150 e. The molecular weight excluding hydrogens is 178 g/mol. The third-order valence-corrected chi connectivity index (χ3v) is 1.89. The van der Waals surface area contributed by atoms with Gasteiger partial charge in [0.2, 0.25) is 0 Å². The summed E-state index contributed by atoms with van der Waals surface area (Å²) < 4.78 is 0. The molecule has 0 atom stereocenters. The molecule has 0 fully saturated rings. The Kier molecular flexibility index (Phi) is 2.02. The van der Waals surface area contributed by atoms with Crippen LogP contribution in [0.25, 0.3) is 11.3 Å². The molecule has 2 aromatic rings. The number of nitrogens with two attached hydrogens (primary N) is 1. The number of benzene rings is 1. The van der Waals surface area contributed by atoms with Crippen molar-refractivity contribution in [3.63, 3.8) is 0 Å². The van der Waals surface area contributed by atoms with Crippen LogP contribution in [0.15, 0.2) is 36.7 Å². The molecule has 1 aromatic heterocycles. The highest BCUT2D eigenvalue weighted by atomic mass is 16.3. The van der Waals surface area contributed by atoms with Crippen molar-refractivity contribution in [3.05, 3.63) is 36.7 Å². The van der Waals surface area contributed by atoms with E-state index in [1.165, 1.54) is 12.4 Å². The van der Waals surface area contributed by atoms with Crippen LogP contribution in [0.4, 0.5) is 5.82 Å². The number of para-hydroxylation sites is 1. The predicted molar refractivity (Wildman–Crippen MR) is 53.5 cm³/mol. The molecule has 4 heteroatoms. The summed E-state index contributed by atoms with van der Waals surface area (Å²) in [5.74, 6) is 0.466. The Bertz CT molecular complexity index is 413. The highest BCUT2D eigenvalue weighted by molar-refractivity contribution is 5.74. The number of rotatable bonds is 1. The second-order valence-electron chi connectivity index (χ2n) is 2.81. The fourth-order valence-electron chi connectivity index (χ4n) is 1.23. The molecule has 0 saturated carbocycles. The van der Waals surface area contributed by atoms with Gasteiger partial charge in [-0.2, -0.15) is 0 Å². The van der Waals surface area contributed by atoms with Crippen molar-refractivity contribution in [1.29, 1.82) is 0 Å². The second-order valence-corrected chi connectivity index (χ2v) is 2.81. The number of nitrogen functional groups attached to an aromatic ring is 1. The van der Waals surface area contributed by atoms with Crippen LogP contribution in [0.3, 0.4) is 0 Å². The van der Waals surface area contributed by atoms with Crippen LogP contribution in [0.2, 0.25) is 0 Å². The van der Waals surface area contributed by atoms with E-state index in [4.69, 9.17) is 5.73 Å². The van der Waals surface area contributed by atoms with Crippen LogP contribution in [0, 0.1) is 0 Å². The Labute approximate surface area is 81.1 Å². The summed E-state index contributed by atoms with van der Waals surface area (Å²) in [5, 5.41) is 9.57. The molecule has 0 aliphatic rings. The van der Waals surface area contributed by atoms with Crippen LogP contribution in [0.5, 0.6) is 5.75 Å². The molecule has 2 rings (SSSR count). The molecule has 3 N–H and O–H groups in total. The van der Waals surface area contributed by atoms with Gasteiger partial charge < -0.3 is 10.8 Å². The van der Waals surface area contributed by atoms with Gasteiger partial charge in [0.25, 0.3) is 0 Å². The van der Waals surface area contributed by atoms with Gasteiger partial charge in [-0.1, -0.05) is 12.1 Å². The summed E-state index contributed by atoms with van der Waals surface area (Å²) in [4.78, 5) is 7.96. The zero-order chi connectivity index (χ0) is 9.97. The Hall–Kier alpha value is -2.10. The standard InChI is InChI=1S/C10H9N3O/c11-10-9(12-5-6-13-10)7-3-1-2-4-8(7)14/h1-6,14H,(H2,11,13). The lowest BCUT2D eigenvalue weighted by atomic mass is 10.1. The van der Waals surface area contributed by atoms with Gasteiger partial charge >= 0.3 is 0 Å². The zero-order valence-corrected chi connectivity index (χ0v) is 7.38. The molecule has 1 heterocycles. The van der Waals surface area contributed by atoms with E-state index < -0.39 is 0 Å². The molecule has 1 aromatic carbocycles. The van der Waals surface area contributed by atoms with Gasteiger partial charge in [-0.15, -0.1) is 0 Å². The van der Waals surface area contributed by atoms with Crippen LogP contribution in [-0.4, -0.2) is 15.1 Å². The third kappa shape index (κ3) is 1.37. The number of anilines is 1. The summed E-state index contributed by atoms with van der Waals surface area (Å²) in [6, 6.07) is 6.88. The van der Waals surface area contributed by atoms with E-state index >= 15 is 0 Å². The quantitative estimate of drug-likeness (QED) is 0.708. The van der Waals surface area contributed by atoms with Crippen molar-refractivity contribution in [2.75, 3.05) is 5.73 Å². The molecule has 0 aliphatic carbocycles. The normalized spacial score (nSPS) is 10.0. The zero-order valence-electron chi connectivity index (χ0n) is 7.38. The summed E-state index contributed by atoms with van der Waals surface area (Å²) >= 11 is 0. The van der Waals surface area contributed by atoms with Crippen molar-refractivity contribution in [3.8, 4) is 17.0 Å². The topological polar surface area (TPSA) is 72.0 Å². The van der Waals surface area contributed by atoms with Gasteiger partial charge in [-0.3, -0.25) is 4.98 Å². The number of nitrogens with zero attached hydrogens (tertiary/aromatic N) is 2. The number of aromatic hydroxyl groups is 1. The van der Waals surface area contributed by atoms with Gasteiger partial charge in [-0.05, 0) is 12.1 Å². The second kappa shape index (κ2) is 3.33. The Morgan fingerprint density at radius 3 is 2.50 bits per heavy atom. The SMILES string of the molecule is Nc1nccnc1-c1ccccc1O. The number of phenols is 1. The minimum Gasteiger partial charge on any atom is -0.507 e. The molecule has 0 radical (unpaired) electrons. The van der Waals surface area contributed by atoms with Crippen LogP contribution >= 0.6 is 0 Å². The number of hydrogen-bond acceptors (Lipinski definition) is 4. The van der Waals surface area contributed by atoms with Crippen molar-refractivity contribution in [2.45, 2.75) is 0 Å². The number of aromatic nitrogens is 2. The highest BCUT2D eigenvalue weighted by Crippen LogP contribution is 2.29. The largest absolute Gasteiger partial charge is 0.507 e. The lowest BCUT2D eigenvalue weighted by Crippen LogP contribution is -1.95. The monoisotopic (exact) mass is 187 g/mol. The lowest BCUT2D eigenvalue weighted by Gasteiger charge is -2.04. The van der Waals surface area contributed by atoms with E-state index in [2.05, 4.69) is 9.97 Å². The molecule has 0 bridgehead atoms. The van der Waals surface area contributed by atoms with Crippen LogP contribution < -0.4 is 5.73 Å². The molecule has 0 spiro atoms. The molecule has 0 amide bonds. The number of phenolic OH excluding ortho intramolecular Hbond substituents is 1. The maximum absolute atomic E-state index is 9.57. The molecule has 0 unspecified atom stereocenters. The van der Waals surface area contributed by atoms with Crippen molar-refractivity contribution in [1.82, 2.24) is 9.97 Å². The Balaban J connectivity index is 2.61. The first-order chi connectivity index (χ1) is 6.79. The fourth-order valence-corrected chi connectivity index (χ4v) is 1.23. The van der Waals surface area contributed by atoms with Gasteiger partial charge in [0.05, 0.1) is 0 Å². The maximum atomic E-state index is 9.57. The molecule has 0 aliphatic heterocycles. The summed E-state index contributed by atoms with van der Waals surface area (Å²) in [6.07, 6.45) is 3.05. The molecule has 0 saturated heterocycles. The van der Waals surface area contributed by atoms with E-state index in [-0.39, 0.29) is 5.75 Å². The average molecular weight is 187 g/mol. The predicted octanol–water partition coefficient (Wildman–Crippen LogP) is 1.43. The van der Waals surface area contributed by atoms with E-state index in [1.54, 1.807) is 18.2 Å². The van der Waals surface area contributed by atoms with Crippen LogP contribution in [-0.2, 0) is 0 Å². The Morgan fingerprint density at radius 2 is 1.79 bits per heavy atom. The maximum Gasteiger partial charge on any atom is 0.150 e. The minimum absolute atomic E-state index is 0.153. The van der Waals surface area contributed by atoms with Crippen molar-refractivity contribution >= 4 is 5.82 Å². The minimum atomic E-state index is 0.153. The summed E-state index contributed by atoms with van der Waals surface area (Å²) in [6.45, 7) is 0. The average Bonchev–Trinajstić information content (AvgIpc) is 2.20. The summed E-state index contributed by atoms with van der Waals surface area (Å²) in [7, 11) is 0. The fraction of sp³-hybridized carbons (Fsp3) is 0. The number of hydrogen-bond donors (Lipinski definition) is 2. The van der Waals surface area contributed by atoms with Gasteiger partial charge in [0.15, 0.2) is 0 Å². The Morgan fingerprint density at radius 1 is 1.07 bits per heavy atom. The van der Waals surface area contributed by atoms with Crippen LogP contribution in [0.1, 0.15) is 0 Å². The van der Waals surface area contributed by atoms with Crippen molar-refractivity contribution in [2.24, 2.45) is 0 Å². The molecular formula is C10H9N3O. The lowest BCUT2D eigenvalue weighted by molar-refractivity contribution is 0.477. The van der Waals surface area contributed by atoms with E-state index in [9.17, 15) is 5.11 Å². The molecule has 14 heavy (non-hydrogen) atoms. The molecule has 70 valence electrons. The van der Waals surface area contributed by atoms with E-state index in [0.29, 0.717) is 17.1 Å². The van der Waals surface area contributed by atoms with Crippen molar-refractivity contribution < 1.29 is 5.11 Å². The first-order valence-corrected chi connectivity index (χ1v) is 4.14. The third-order valence-electron chi connectivity index (χ3n) is 1.89. The first-order valence-electron chi connectivity index (χ1n) is 4.14. The highest BCUT2D eigenvalue weighted by Gasteiger charge is 2.07. The van der Waals surface area contributed by atoms with E-state index in [1.807, 2.05) is 6.07 Å². The van der Waals surface area contributed by atoms with Gasteiger partial charge in [-0.25, -0.2) is 4.98 Å². The summed E-state index contributed by atoms with van der Waals surface area (Å²) in [5.41, 5.74) is 6.74. The van der Waals surface area contributed by atoms with Gasteiger partial charge in [0.1, 0.15) is 17.3 Å². The van der Waals surface area contributed by atoms with E-state index in [0.717, 1.165) is 0 Å². The van der Waals surface area contributed by atoms with Gasteiger partial charge in [0, 0.05) is 18.0 Å². The first kappa shape index (κ1) is 8.50. The molecule has 4 nitrogen and oxygen atoms in total.